The Morgan fingerprint density at radius 2 is 1.74 bits per heavy atom. The first-order valence-electron chi connectivity index (χ1n) is 7.06. The lowest BCUT2D eigenvalue weighted by Crippen LogP contribution is -2.35. The molecule has 0 aromatic heterocycles. The van der Waals surface area contributed by atoms with Crippen LogP contribution in [0.4, 0.5) is 0 Å². The quantitative estimate of drug-likeness (QED) is 0.565. The Morgan fingerprint density at radius 3 is 2.21 bits per heavy atom. The van der Waals surface area contributed by atoms with Gasteiger partial charge in [-0.25, -0.2) is 0 Å². The van der Waals surface area contributed by atoms with Crippen LogP contribution in [0, 0.1) is 11.8 Å². The smallest absolute Gasteiger partial charge is 0.0488 e. The van der Waals surface area contributed by atoms with Crippen molar-refractivity contribution in [2.45, 2.75) is 45.1 Å². The first-order valence-corrected chi connectivity index (χ1v) is 8.64. The third kappa shape index (κ3) is 4.03. The maximum absolute atomic E-state index is 5.82. The number of hydrazine groups is 1. The minimum Gasteiger partial charge on any atom is -0.271 e. The minimum atomic E-state index is 0.256. The van der Waals surface area contributed by atoms with E-state index in [4.69, 9.17) is 5.84 Å². The second kappa shape index (κ2) is 7.21. The van der Waals surface area contributed by atoms with Gasteiger partial charge in [0, 0.05) is 15.0 Å². The Balaban J connectivity index is 2.11. The topological polar surface area (TPSA) is 38.0 Å². The maximum Gasteiger partial charge on any atom is 0.0488 e. The van der Waals surface area contributed by atoms with E-state index in [2.05, 4.69) is 62.4 Å². The minimum absolute atomic E-state index is 0.256. The number of nitrogens with one attached hydrogen (secondary N) is 1. The molecule has 106 valence electrons. The molecule has 1 saturated carbocycles. The lowest BCUT2D eigenvalue weighted by atomic mass is 9.76. The van der Waals surface area contributed by atoms with E-state index in [9.17, 15) is 0 Å². The molecule has 0 aliphatic heterocycles. The Morgan fingerprint density at radius 1 is 1.16 bits per heavy atom. The SMILES string of the molecule is CCC1CCC(C(NN)c2cc(Br)cc(Br)c2)CC1. The molecule has 1 aliphatic carbocycles. The van der Waals surface area contributed by atoms with Crippen molar-refractivity contribution in [2.75, 3.05) is 0 Å². The average molecular weight is 390 g/mol. The van der Waals surface area contributed by atoms with Crippen LogP contribution in [0.25, 0.3) is 0 Å². The van der Waals surface area contributed by atoms with Crippen LogP contribution in [-0.2, 0) is 0 Å². The summed E-state index contributed by atoms with van der Waals surface area (Å²) < 4.78 is 2.19. The van der Waals surface area contributed by atoms with E-state index in [0.29, 0.717) is 5.92 Å². The van der Waals surface area contributed by atoms with Gasteiger partial charge in [0.25, 0.3) is 0 Å². The van der Waals surface area contributed by atoms with E-state index >= 15 is 0 Å². The van der Waals surface area contributed by atoms with Crippen LogP contribution < -0.4 is 11.3 Å². The van der Waals surface area contributed by atoms with E-state index in [-0.39, 0.29) is 6.04 Å². The molecule has 0 bridgehead atoms. The van der Waals surface area contributed by atoms with Crippen molar-refractivity contribution in [1.82, 2.24) is 5.43 Å². The van der Waals surface area contributed by atoms with Crippen LogP contribution in [0.15, 0.2) is 27.1 Å². The number of rotatable bonds is 4. The maximum atomic E-state index is 5.82. The van der Waals surface area contributed by atoms with Crippen molar-refractivity contribution < 1.29 is 0 Å². The van der Waals surface area contributed by atoms with Crippen molar-refractivity contribution in [2.24, 2.45) is 17.7 Å². The fourth-order valence-electron chi connectivity index (χ4n) is 3.19. The van der Waals surface area contributed by atoms with Gasteiger partial charge in [-0.15, -0.1) is 0 Å². The highest BCUT2D eigenvalue weighted by atomic mass is 79.9. The van der Waals surface area contributed by atoms with Crippen LogP contribution >= 0.6 is 31.9 Å². The average Bonchev–Trinajstić information content (AvgIpc) is 2.39. The zero-order valence-corrected chi connectivity index (χ0v) is 14.5. The van der Waals surface area contributed by atoms with Gasteiger partial charge in [-0.05, 0) is 48.4 Å². The molecule has 2 rings (SSSR count). The Bertz CT molecular complexity index is 394. The number of hydrogen-bond acceptors (Lipinski definition) is 2. The first kappa shape index (κ1) is 15.5. The standard InChI is InChI=1S/C15H22Br2N2/c1-2-10-3-5-11(6-4-10)15(19-18)12-7-13(16)9-14(17)8-12/h7-11,15,19H,2-6,18H2,1H3. The van der Waals surface area contributed by atoms with E-state index in [1.807, 2.05) is 0 Å². The summed E-state index contributed by atoms with van der Waals surface area (Å²) in [6.45, 7) is 2.30. The molecule has 3 N–H and O–H groups in total. The van der Waals surface area contributed by atoms with Crippen LogP contribution in [-0.4, -0.2) is 0 Å². The molecule has 0 radical (unpaired) electrons. The monoisotopic (exact) mass is 388 g/mol. The van der Waals surface area contributed by atoms with Gasteiger partial charge < -0.3 is 0 Å². The van der Waals surface area contributed by atoms with Crippen molar-refractivity contribution in [3.63, 3.8) is 0 Å². The number of halogens is 2. The summed E-state index contributed by atoms with van der Waals surface area (Å²) in [5, 5.41) is 0. The molecule has 0 heterocycles. The highest BCUT2D eigenvalue weighted by Gasteiger charge is 2.27. The summed E-state index contributed by atoms with van der Waals surface area (Å²) in [7, 11) is 0. The summed E-state index contributed by atoms with van der Waals surface area (Å²) in [5.41, 5.74) is 4.30. The van der Waals surface area contributed by atoms with Gasteiger partial charge in [0.2, 0.25) is 0 Å². The molecule has 0 amide bonds. The predicted molar refractivity (Wildman–Crippen MR) is 87.6 cm³/mol. The van der Waals surface area contributed by atoms with E-state index in [0.717, 1.165) is 14.9 Å². The Kier molecular flexibility index (Phi) is 5.87. The molecule has 2 nitrogen and oxygen atoms in total. The molecule has 1 aromatic rings. The van der Waals surface area contributed by atoms with Crippen LogP contribution in [0.3, 0.4) is 0 Å². The molecule has 1 fully saturated rings. The van der Waals surface area contributed by atoms with Crippen LogP contribution in [0.2, 0.25) is 0 Å². The largest absolute Gasteiger partial charge is 0.271 e. The molecule has 1 aliphatic rings. The summed E-state index contributed by atoms with van der Waals surface area (Å²) in [4.78, 5) is 0. The van der Waals surface area contributed by atoms with E-state index < -0.39 is 0 Å². The lowest BCUT2D eigenvalue weighted by molar-refractivity contribution is 0.219. The predicted octanol–water partition coefficient (Wildman–Crippen LogP) is 4.93. The van der Waals surface area contributed by atoms with Crippen LogP contribution in [0.5, 0.6) is 0 Å². The molecule has 1 atom stereocenters. The highest BCUT2D eigenvalue weighted by Crippen LogP contribution is 2.38. The van der Waals surface area contributed by atoms with Gasteiger partial charge in [-0.1, -0.05) is 58.0 Å². The van der Waals surface area contributed by atoms with Gasteiger partial charge in [-0.2, -0.15) is 0 Å². The van der Waals surface area contributed by atoms with Crippen molar-refractivity contribution in [1.29, 1.82) is 0 Å². The third-order valence-corrected chi connectivity index (χ3v) is 5.28. The number of nitrogens with two attached hydrogens (primary N) is 1. The van der Waals surface area contributed by atoms with Gasteiger partial charge >= 0.3 is 0 Å². The summed E-state index contributed by atoms with van der Waals surface area (Å²) in [5.74, 6) is 7.39. The molecule has 0 spiro atoms. The molecule has 1 aromatic carbocycles. The first-order chi connectivity index (χ1) is 9.13. The van der Waals surface area contributed by atoms with Gasteiger partial charge in [-0.3, -0.25) is 11.3 Å². The van der Waals surface area contributed by atoms with Crippen LogP contribution in [0.1, 0.15) is 50.6 Å². The highest BCUT2D eigenvalue weighted by molar-refractivity contribution is 9.11. The second-order valence-corrected chi connectivity index (χ2v) is 7.37. The lowest BCUT2D eigenvalue weighted by Gasteiger charge is -2.33. The molecular weight excluding hydrogens is 368 g/mol. The van der Waals surface area contributed by atoms with Gasteiger partial charge in [0.1, 0.15) is 0 Å². The molecule has 1 unspecified atom stereocenters. The molecule has 19 heavy (non-hydrogen) atoms. The van der Waals surface area contributed by atoms with Crippen molar-refractivity contribution >= 4 is 31.9 Å². The third-order valence-electron chi connectivity index (χ3n) is 4.36. The van der Waals surface area contributed by atoms with Gasteiger partial charge in [0.05, 0.1) is 0 Å². The number of hydrogen-bond donors (Lipinski definition) is 2. The fourth-order valence-corrected chi connectivity index (χ4v) is 4.52. The second-order valence-electron chi connectivity index (χ2n) is 5.54. The zero-order valence-electron chi connectivity index (χ0n) is 11.3. The Hall–Kier alpha value is 0.1000. The van der Waals surface area contributed by atoms with E-state index in [1.165, 1.54) is 37.7 Å². The summed E-state index contributed by atoms with van der Waals surface area (Å²) in [6.07, 6.45) is 6.55. The zero-order chi connectivity index (χ0) is 13.8. The van der Waals surface area contributed by atoms with Gasteiger partial charge in [0.15, 0.2) is 0 Å². The normalized spacial score (nSPS) is 25.3. The summed E-state index contributed by atoms with van der Waals surface area (Å²) >= 11 is 7.11. The molecule has 0 saturated heterocycles. The van der Waals surface area contributed by atoms with Crippen molar-refractivity contribution in [3.8, 4) is 0 Å². The number of benzene rings is 1. The molecular formula is C15H22Br2N2. The van der Waals surface area contributed by atoms with Crippen molar-refractivity contribution in [3.05, 3.63) is 32.7 Å². The Labute approximate surface area is 132 Å². The fraction of sp³-hybridized carbons (Fsp3) is 0.600. The molecule has 4 heteroatoms. The van der Waals surface area contributed by atoms with E-state index in [1.54, 1.807) is 0 Å². The summed E-state index contributed by atoms with van der Waals surface area (Å²) in [6, 6.07) is 6.65.